The Hall–Kier alpha value is -2.38. The van der Waals surface area contributed by atoms with Crippen LogP contribution in [0.15, 0.2) is 54.2 Å². The highest BCUT2D eigenvalue weighted by atomic mass is 79.9. The van der Waals surface area contributed by atoms with Gasteiger partial charge >= 0.3 is 0 Å². The Morgan fingerprint density at radius 2 is 1.44 bits per heavy atom. The van der Waals surface area contributed by atoms with Gasteiger partial charge in [-0.25, -0.2) is 0 Å². The highest BCUT2D eigenvalue weighted by molar-refractivity contribution is 7.09. The van der Waals surface area contributed by atoms with Crippen molar-refractivity contribution in [3.63, 3.8) is 0 Å². The molecule has 0 aliphatic heterocycles. The van der Waals surface area contributed by atoms with Crippen molar-refractivity contribution in [3.8, 4) is 11.5 Å². The molecular formula is C34H49BrN2O3S. The van der Waals surface area contributed by atoms with Crippen LogP contribution in [0.2, 0.25) is 0 Å². The second-order valence-electron chi connectivity index (χ2n) is 10.8. The number of methoxy groups -OCH3 is 1. The summed E-state index contributed by atoms with van der Waals surface area (Å²) in [5.41, 5.74) is 5.02. The first kappa shape index (κ1) is 34.8. The molecule has 3 aromatic rings. The Kier molecular flexibility index (Phi) is 17.4. The number of nitrogens with one attached hydrogen (secondary N) is 1. The zero-order valence-electron chi connectivity index (χ0n) is 25.3. The van der Waals surface area contributed by atoms with Crippen LogP contribution < -0.4 is 36.3 Å². The van der Waals surface area contributed by atoms with E-state index in [-0.39, 0.29) is 29.3 Å². The third kappa shape index (κ3) is 13.9. The molecule has 2 aromatic carbocycles. The number of amides is 1. The number of aromatic nitrogens is 1. The van der Waals surface area contributed by atoms with E-state index in [1.807, 2.05) is 30.3 Å². The van der Waals surface area contributed by atoms with Crippen LogP contribution in [0.4, 0.5) is 5.69 Å². The van der Waals surface area contributed by atoms with E-state index in [1.165, 1.54) is 81.1 Å². The number of hydrogen-bond donors (Lipinski definition) is 1. The lowest BCUT2D eigenvalue weighted by molar-refractivity contribution is -0.683. The highest BCUT2D eigenvalue weighted by Crippen LogP contribution is 2.29. The molecule has 1 aromatic heterocycles. The molecule has 226 valence electrons. The summed E-state index contributed by atoms with van der Waals surface area (Å²) in [6, 6.07) is 13.8. The molecule has 0 aliphatic carbocycles. The Balaban J connectivity index is 0.00000588. The first-order valence-electron chi connectivity index (χ1n) is 15.2. The van der Waals surface area contributed by atoms with E-state index in [1.54, 1.807) is 18.4 Å². The highest BCUT2D eigenvalue weighted by Gasteiger charge is 2.11. The van der Waals surface area contributed by atoms with E-state index in [9.17, 15) is 4.79 Å². The Bertz CT molecular complexity index is 1130. The first-order valence-corrected chi connectivity index (χ1v) is 16.1. The van der Waals surface area contributed by atoms with Gasteiger partial charge in [0.2, 0.25) is 11.4 Å². The van der Waals surface area contributed by atoms with Crippen LogP contribution in [-0.2, 0) is 17.8 Å². The fraction of sp³-hybridized carbons (Fsp3) is 0.529. The van der Waals surface area contributed by atoms with Gasteiger partial charge in [0.25, 0.3) is 0 Å². The smallest absolute Gasteiger partial charge is 0.228 e. The molecule has 1 amide bonds. The number of ether oxygens (including phenoxy) is 2. The molecule has 0 saturated carbocycles. The minimum Gasteiger partial charge on any atom is -1.00 e. The van der Waals surface area contributed by atoms with Gasteiger partial charge in [0.05, 0.1) is 25.0 Å². The Morgan fingerprint density at radius 3 is 2.02 bits per heavy atom. The predicted molar refractivity (Wildman–Crippen MR) is 167 cm³/mol. The zero-order chi connectivity index (χ0) is 28.4. The van der Waals surface area contributed by atoms with Crippen LogP contribution in [0.3, 0.4) is 0 Å². The first-order chi connectivity index (χ1) is 19.6. The number of unbranched alkanes of at least 4 members (excludes halogenated alkanes) is 11. The SMILES string of the molecule is CCCCCCCCCCCCCCOc1ccc(CC(=O)Nc2ccc(C[n+]3csc(C)c3)cc2)cc1OC.[Br-]. The fourth-order valence-electron chi connectivity index (χ4n) is 4.89. The van der Waals surface area contributed by atoms with E-state index in [0.717, 1.165) is 30.0 Å². The molecule has 0 aliphatic rings. The normalized spacial score (nSPS) is 10.7. The van der Waals surface area contributed by atoms with Gasteiger partial charge in [-0.15, -0.1) is 0 Å². The lowest BCUT2D eigenvalue weighted by Crippen LogP contribution is -3.00. The number of carbonyl (C=O) groups excluding carboxylic acids is 1. The van der Waals surface area contributed by atoms with Gasteiger partial charge in [-0.3, -0.25) is 4.79 Å². The number of nitrogens with zero attached hydrogens (tertiary/aromatic N) is 1. The molecule has 1 heterocycles. The molecule has 41 heavy (non-hydrogen) atoms. The van der Waals surface area contributed by atoms with Gasteiger partial charge in [-0.2, -0.15) is 4.57 Å². The lowest BCUT2D eigenvalue weighted by Gasteiger charge is -2.12. The standard InChI is InChI=1S/C34H48N2O3S.BrH/c1-4-5-6-7-8-9-10-11-12-13-14-15-22-39-32-21-18-30(23-33(32)38-3)24-34(37)35-31-19-16-29(17-20-31)26-36-25-28(2)40-27-36;/h16-21,23,25,27H,4-15,22,24,26H2,1-3H3;1H. The van der Waals surface area contributed by atoms with Gasteiger partial charge in [0, 0.05) is 11.3 Å². The third-order valence-corrected chi connectivity index (χ3v) is 8.03. The van der Waals surface area contributed by atoms with Crippen molar-refractivity contribution in [2.24, 2.45) is 0 Å². The second kappa shape index (κ2) is 20.5. The van der Waals surface area contributed by atoms with E-state index in [4.69, 9.17) is 9.47 Å². The molecule has 0 spiro atoms. The van der Waals surface area contributed by atoms with Crippen LogP contribution in [-0.4, -0.2) is 19.6 Å². The van der Waals surface area contributed by atoms with Gasteiger partial charge in [0.15, 0.2) is 24.2 Å². The van der Waals surface area contributed by atoms with Gasteiger partial charge in [-0.1, -0.05) is 107 Å². The lowest BCUT2D eigenvalue weighted by atomic mass is 10.1. The van der Waals surface area contributed by atoms with Crippen LogP contribution in [0.1, 0.15) is 100.0 Å². The van der Waals surface area contributed by atoms with Crippen LogP contribution >= 0.6 is 11.3 Å². The zero-order valence-corrected chi connectivity index (χ0v) is 27.7. The average Bonchev–Trinajstić information content (AvgIpc) is 3.37. The van der Waals surface area contributed by atoms with Crippen molar-refractivity contribution < 1.29 is 35.8 Å². The molecule has 1 N–H and O–H groups in total. The molecule has 0 fully saturated rings. The summed E-state index contributed by atoms with van der Waals surface area (Å²) in [6.45, 7) is 5.89. The van der Waals surface area contributed by atoms with Gasteiger partial charge in [-0.05, 0) is 43.2 Å². The summed E-state index contributed by atoms with van der Waals surface area (Å²) in [5.74, 6) is 1.36. The van der Waals surface area contributed by atoms with E-state index >= 15 is 0 Å². The van der Waals surface area contributed by atoms with Crippen molar-refractivity contribution >= 4 is 22.9 Å². The third-order valence-electron chi connectivity index (χ3n) is 7.17. The predicted octanol–water partition coefficient (Wildman–Crippen LogP) is 5.67. The van der Waals surface area contributed by atoms with Crippen molar-refractivity contribution in [3.05, 3.63) is 70.2 Å². The van der Waals surface area contributed by atoms with Crippen molar-refractivity contribution in [2.45, 2.75) is 104 Å². The maximum absolute atomic E-state index is 12.7. The van der Waals surface area contributed by atoms with E-state index in [2.05, 4.69) is 47.6 Å². The van der Waals surface area contributed by atoms with Gasteiger partial charge < -0.3 is 31.8 Å². The van der Waals surface area contributed by atoms with Crippen LogP contribution in [0.5, 0.6) is 11.5 Å². The van der Waals surface area contributed by atoms with E-state index in [0.29, 0.717) is 12.4 Å². The number of anilines is 1. The summed E-state index contributed by atoms with van der Waals surface area (Å²) in [7, 11) is 1.65. The average molecular weight is 646 g/mol. The summed E-state index contributed by atoms with van der Waals surface area (Å²) >= 11 is 1.74. The summed E-state index contributed by atoms with van der Waals surface area (Å²) in [4.78, 5) is 14.0. The number of benzene rings is 2. The molecular weight excluding hydrogens is 596 g/mol. The maximum atomic E-state index is 12.7. The fourth-order valence-corrected chi connectivity index (χ4v) is 5.52. The largest absolute Gasteiger partial charge is 1.00 e. The summed E-state index contributed by atoms with van der Waals surface area (Å²) in [5, 5.41) is 3.00. The number of halogens is 1. The number of carbonyl (C=O) groups is 1. The second-order valence-corrected chi connectivity index (χ2v) is 11.9. The molecule has 7 heteroatoms. The minimum atomic E-state index is -0.0530. The number of thiazole rings is 1. The molecule has 5 nitrogen and oxygen atoms in total. The molecule has 3 rings (SSSR count). The molecule has 0 bridgehead atoms. The minimum absolute atomic E-state index is 0. The molecule has 0 unspecified atom stereocenters. The van der Waals surface area contributed by atoms with Crippen molar-refractivity contribution in [1.82, 2.24) is 0 Å². The Labute approximate surface area is 262 Å². The van der Waals surface area contributed by atoms with Crippen molar-refractivity contribution in [2.75, 3.05) is 19.0 Å². The number of aryl methyl sites for hydroxylation is 1. The van der Waals surface area contributed by atoms with Crippen LogP contribution in [0.25, 0.3) is 0 Å². The van der Waals surface area contributed by atoms with Crippen molar-refractivity contribution in [1.29, 1.82) is 0 Å². The summed E-state index contributed by atoms with van der Waals surface area (Å²) < 4.78 is 13.7. The Morgan fingerprint density at radius 1 is 0.829 bits per heavy atom. The summed E-state index contributed by atoms with van der Waals surface area (Å²) in [6.07, 6.45) is 18.3. The molecule has 0 saturated heterocycles. The monoisotopic (exact) mass is 644 g/mol. The quantitative estimate of drug-likeness (QED) is 0.127. The van der Waals surface area contributed by atoms with Gasteiger partial charge in [0.1, 0.15) is 0 Å². The van der Waals surface area contributed by atoms with Crippen LogP contribution in [0, 0.1) is 6.92 Å². The number of hydrogen-bond acceptors (Lipinski definition) is 4. The maximum Gasteiger partial charge on any atom is 0.228 e. The van der Waals surface area contributed by atoms with E-state index < -0.39 is 0 Å². The molecule has 0 radical (unpaired) electrons. The number of rotatable bonds is 20. The molecule has 0 atom stereocenters. The topological polar surface area (TPSA) is 51.4 Å².